The highest BCUT2D eigenvalue weighted by molar-refractivity contribution is 6.00. The molecule has 6 rings (SSSR count). The fourth-order valence-electron chi connectivity index (χ4n) is 5.64. The van der Waals surface area contributed by atoms with Gasteiger partial charge in [-0.25, -0.2) is 4.79 Å². The lowest BCUT2D eigenvalue weighted by atomic mass is 9.91. The van der Waals surface area contributed by atoms with Crippen LogP contribution < -0.4 is 15.7 Å². The second-order valence-corrected chi connectivity index (χ2v) is 9.78. The summed E-state index contributed by atoms with van der Waals surface area (Å²) in [6.45, 7) is 5.75. The van der Waals surface area contributed by atoms with Crippen LogP contribution in [-0.4, -0.2) is 18.0 Å². The minimum Gasteiger partial charge on any atom is -0.497 e. The Bertz CT molecular complexity index is 1740. The summed E-state index contributed by atoms with van der Waals surface area (Å²) in [7, 11) is 1.66. The molecule has 1 aliphatic rings. The van der Waals surface area contributed by atoms with Crippen LogP contribution in [0.4, 0.5) is 0 Å². The number of methoxy groups -OCH3 is 1. The molecule has 0 fully saturated rings. The summed E-state index contributed by atoms with van der Waals surface area (Å²) in [5, 5.41) is 6.11. The van der Waals surface area contributed by atoms with Gasteiger partial charge in [0.25, 0.3) is 0 Å². The molecule has 1 amide bonds. The summed E-state index contributed by atoms with van der Waals surface area (Å²) in [6, 6.07) is 7.83. The van der Waals surface area contributed by atoms with Gasteiger partial charge in [-0.05, 0) is 81.0 Å². The number of fused-ring (bicyclic) bond motifs is 5. The van der Waals surface area contributed by atoms with Gasteiger partial charge in [0.05, 0.1) is 31.4 Å². The van der Waals surface area contributed by atoms with Crippen molar-refractivity contribution in [1.29, 1.82) is 0 Å². The Labute approximate surface area is 207 Å². The van der Waals surface area contributed by atoms with E-state index in [1.807, 2.05) is 45.0 Å². The molecular weight excluding hydrogens is 456 g/mol. The van der Waals surface area contributed by atoms with Crippen molar-refractivity contribution in [2.24, 2.45) is 0 Å². The smallest absolute Gasteiger partial charge is 0.340 e. The van der Waals surface area contributed by atoms with Crippen molar-refractivity contribution in [3.05, 3.63) is 74.5 Å². The molecule has 2 aromatic carbocycles. The SMILES string of the molecule is COc1ccc2[nH]c3c(c2c1)CCCC3NC(=O)Cc1c(C)c2cc3c(C)coc3c(C)c2oc1=O. The van der Waals surface area contributed by atoms with Gasteiger partial charge in [0.15, 0.2) is 0 Å². The largest absolute Gasteiger partial charge is 0.497 e. The molecule has 3 heterocycles. The average molecular weight is 485 g/mol. The second-order valence-electron chi connectivity index (χ2n) is 9.78. The number of amides is 1. The summed E-state index contributed by atoms with van der Waals surface area (Å²) < 4.78 is 16.8. The molecule has 7 heteroatoms. The number of carbonyl (C=O) groups is 1. The second kappa shape index (κ2) is 8.29. The molecule has 7 nitrogen and oxygen atoms in total. The van der Waals surface area contributed by atoms with Crippen LogP contribution in [0, 0.1) is 20.8 Å². The van der Waals surface area contributed by atoms with Crippen LogP contribution in [0.2, 0.25) is 0 Å². The summed E-state index contributed by atoms with van der Waals surface area (Å²) in [5.74, 6) is 0.614. The Morgan fingerprint density at radius 3 is 2.75 bits per heavy atom. The lowest BCUT2D eigenvalue weighted by Crippen LogP contribution is -2.33. The van der Waals surface area contributed by atoms with Crippen LogP contribution in [-0.2, 0) is 17.6 Å². The molecule has 1 unspecified atom stereocenters. The van der Waals surface area contributed by atoms with E-state index in [-0.39, 0.29) is 18.4 Å². The van der Waals surface area contributed by atoms with E-state index in [0.29, 0.717) is 11.1 Å². The standard InChI is InChI=1S/C29H28N2O5/c1-14-13-35-27-16(3)28-20(11-19(14)27)15(2)21(29(33)36-28)12-25(32)30-24-7-5-6-18-22-10-17(34-4)8-9-23(22)31-26(18)24/h8-11,13,24,31H,5-7,12H2,1-4H3,(H,30,32). The van der Waals surface area contributed by atoms with Gasteiger partial charge in [0.2, 0.25) is 5.91 Å². The summed E-state index contributed by atoms with van der Waals surface area (Å²) in [5.41, 5.74) is 6.99. The monoisotopic (exact) mass is 484 g/mol. The quantitative estimate of drug-likeness (QED) is 0.319. The van der Waals surface area contributed by atoms with E-state index in [1.54, 1.807) is 13.4 Å². The average Bonchev–Trinajstić information content (AvgIpc) is 3.43. The first kappa shape index (κ1) is 22.5. The minimum atomic E-state index is -0.483. The highest BCUT2D eigenvalue weighted by Crippen LogP contribution is 2.36. The van der Waals surface area contributed by atoms with Gasteiger partial charge in [-0.1, -0.05) is 0 Å². The number of nitrogens with one attached hydrogen (secondary N) is 2. The zero-order valence-electron chi connectivity index (χ0n) is 20.8. The number of H-pyrrole nitrogens is 1. The molecule has 184 valence electrons. The molecule has 2 N–H and O–H groups in total. The van der Waals surface area contributed by atoms with Crippen LogP contribution in [0.5, 0.6) is 5.75 Å². The maximum atomic E-state index is 13.2. The molecule has 0 spiro atoms. The van der Waals surface area contributed by atoms with E-state index in [2.05, 4.69) is 10.3 Å². The number of hydrogen-bond acceptors (Lipinski definition) is 5. The Morgan fingerprint density at radius 1 is 1.11 bits per heavy atom. The number of furan rings is 1. The number of aromatic nitrogens is 1. The van der Waals surface area contributed by atoms with E-state index >= 15 is 0 Å². The normalized spacial score (nSPS) is 15.5. The zero-order chi connectivity index (χ0) is 25.1. The molecule has 5 aromatic rings. The molecule has 1 aliphatic carbocycles. The molecule has 0 bridgehead atoms. The Morgan fingerprint density at radius 2 is 1.94 bits per heavy atom. The number of aryl methyl sites for hydroxylation is 4. The van der Waals surface area contributed by atoms with E-state index in [1.165, 1.54) is 5.56 Å². The Hall–Kier alpha value is -4.00. The fourth-order valence-corrected chi connectivity index (χ4v) is 5.64. The Kier molecular flexibility index (Phi) is 5.18. The van der Waals surface area contributed by atoms with Crippen LogP contribution in [0.1, 0.15) is 52.4 Å². The third kappa shape index (κ3) is 3.41. The van der Waals surface area contributed by atoms with Crippen LogP contribution in [0.15, 0.2) is 44.2 Å². The predicted octanol–water partition coefficient (Wildman–Crippen LogP) is 5.69. The van der Waals surface area contributed by atoms with Gasteiger partial charge >= 0.3 is 5.63 Å². The van der Waals surface area contributed by atoms with E-state index in [0.717, 1.165) is 74.7 Å². The molecule has 0 saturated heterocycles. The molecule has 0 aliphatic heterocycles. The molecule has 3 aromatic heterocycles. The number of benzene rings is 2. The van der Waals surface area contributed by atoms with Gasteiger partial charge in [0, 0.05) is 32.9 Å². The lowest BCUT2D eigenvalue weighted by Gasteiger charge is -2.24. The summed E-state index contributed by atoms with van der Waals surface area (Å²) in [4.78, 5) is 29.7. The summed E-state index contributed by atoms with van der Waals surface area (Å²) in [6.07, 6.45) is 4.43. The van der Waals surface area contributed by atoms with Crippen LogP contribution >= 0.6 is 0 Å². The fraction of sp³-hybridized carbons (Fsp3) is 0.310. The van der Waals surface area contributed by atoms with E-state index < -0.39 is 5.63 Å². The molecule has 36 heavy (non-hydrogen) atoms. The van der Waals surface area contributed by atoms with Crippen molar-refractivity contribution in [2.75, 3.05) is 7.11 Å². The predicted molar refractivity (Wildman–Crippen MR) is 139 cm³/mol. The van der Waals surface area contributed by atoms with Gasteiger partial charge in [-0.15, -0.1) is 0 Å². The first-order valence-corrected chi connectivity index (χ1v) is 12.3. The van der Waals surface area contributed by atoms with Crippen molar-refractivity contribution < 1.29 is 18.4 Å². The number of ether oxygens (including phenoxy) is 1. The maximum Gasteiger partial charge on any atom is 0.340 e. The first-order chi connectivity index (χ1) is 17.4. The van der Waals surface area contributed by atoms with Gasteiger partial charge in [0.1, 0.15) is 16.9 Å². The van der Waals surface area contributed by atoms with Gasteiger partial charge in [-0.2, -0.15) is 0 Å². The molecule has 0 radical (unpaired) electrons. The van der Waals surface area contributed by atoms with Crippen molar-refractivity contribution in [3.63, 3.8) is 0 Å². The van der Waals surface area contributed by atoms with Crippen LogP contribution in [0.3, 0.4) is 0 Å². The van der Waals surface area contributed by atoms with Crippen molar-refractivity contribution >= 4 is 38.7 Å². The maximum absolute atomic E-state index is 13.2. The van der Waals surface area contributed by atoms with Crippen molar-refractivity contribution in [1.82, 2.24) is 10.3 Å². The van der Waals surface area contributed by atoms with Crippen LogP contribution in [0.25, 0.3) is 32.8 Å². The third-order valence-electron chi connectivity index (χ3n) is 7.62. The number of carbonyl (C=O) groups excluding carboxylic acids is 1. The lowest BCUT2D eigenvalue weighted by molar-refractivity contribution is -0.121. The third-order valence-corrected chi connectivity index (χ3v) is 7.62. The number of aromatic amines is 1. The minimum absolute atomic E-state index is 0.0363. The molecule has 0 saturated carbocycles. The van der Waals surface area contributed by atoms with Gasteiger partial charge in [-0.3, -0.25) is 4.79 Å². The zero-order valence-corrected chi connectivity index (χ0v) is 20.8. The van der Waals surface area contributed by atoms with Crippen molar-refractivity contribution in [2.45, 2.75) is 52.5 Å². The number of hydrogen-bond donors (Lipinski definition) is 2. The van der Waals surface area contributed by atoms with E-state index in [4.69, 9.17) is 13.6 Å². The van der Waals surface area contributed by atoms with Gasteiger partial charge < -0.3 is 23.9 Å². The Balaban J connectivity index is 1.32. The summed E-state index contributed by atoms with van der Waals surface area (Å²) >= 11 is 0. The molecular formula is C29H28N2O5. The number of rotatable bonds is 4. The highest BCUT2D eigenvalue weighted by atomic mass is 16.5. The van der Waals surface area contributed by atoms with E-state index in [9.17, 15) is 9.59 Å². The molecule has 1 atom stereocenters. The highest BCUT2D eigenvalue weighted by Gasteiger charge is 2.27. The van der Waals surface area contributed by atoms with Crippen molar-refractivity contribution in [3.8, 4) is 5.75 Å². The first-order valence-electron chi connectivity index (χ1n) is 12.3. The topological polar surface area (TPSA) is 97.5 Å².